The van der Waals surface area contributed by atoms with Gasteiger partial charge in [-0.3, -0.25) is 0 Å². The van der Waals surface area contributed by atoms with Crippen LogP contribution in [0.3, 0.4) is 0 Å². The van der Waals surface area contributed by atoms with Gasteiger partial charge in [0.1, 0.15) is 0 Å². The fraction of sp³-hybridized carbons (Fsp3) is 0.818. The molecule has 2 fully saturated rings. The molecule has 0 N–H and O–H groups in total. The minimum Gasteiger partial charge on any atom is -0.371 e. The molecule has 0 saturated heterocycles. The van der Waals surface area contributed by atoms with Crippen molar-refractivity contribution in [3.63, 3.8) is 0 Å². The van der Waals surface area contributed by atoms with Crippen molar-refractivity contribution in [1.82, 2.24) is 0 Å². The summed E-state index contributed by atoms with van der Waals surface area (Å²) in [6.07, 6.45) is 19.3. The summed E-state index contributed by atoms with van der Waals surface area (Å²) >= 11 is 0. The molecule has 2 saturated carbocycles. The molecule has 6 unspecified atom stereocenters. The highest BCUT2D eigenvalue weighted by Crippen LogP contribution is 2.49. The molecule has 4 rings (SSSR count). The lowest BCUT2D eigenvalue weighted by atomic mass is 9.94. The summed E-state index contributed by atoms with van der Waals surface area (Å²) in [4.78, 5) is 0. The zero-order valence-electron chi connectivity index (χ0n) is 15.5. The van der Waals surface area contributed by atoms with E-state index in [1.54, 1.807) is 0 Å². The molecule has 0 radical (unpaired) electrons. The molecule has 134 valence electrons. The molecule has 24 heavy (non-hydrogen) atoms. The van der Waals surface area contributed by atoms with Gasteiger partial charge >= 0.3 is 0 Å². The fourth-order valence-corrected chi connectivity index (χ4v) is 5.59. The van der Waals surface area contributed by atoms with Crippen LogP contribution in [0.4, 0.5) is 0 Å². The minimum absolute atomic E-state index is 0.108. The van der Waals surface area contributed by atoms with Gasteiger partial charge in [-0.1, -0.05) is 51.0 Å². The second-order valence-corrected chi connectivity index (χ2v) is 9.06. The van der Waals surface area contributed by atoms with Gasteiger partial charge in [-0.25, -0.2) is 0 Å². The van der Waals surface area contributed by atoms with E-state index in [2.05, 4.69) is 38.2 Å². The first-order valence-corrected chi connectivity index (χ1v) is 10.3. The maximum Gasteiger partial charge on any atom is 0.0871 e. The average Bonchev–Trinajstić information content (AvgIpc) is 3.28. The predicted octanol–water partition coefficient (Wildman–Crippen LogP) is 5.29. The molecule has 0 amide bonds. The molecule has 0 aliphatic heterocycles. The number of fused-ring (bicyclic) bond motifs is 4. The molecule has 0 aromatic heterocycles. The topological polar surface area (TPSA) is 18.5 Å². The van der Waals surface area contributed by atoms with Crippen LogP contribution in [0, 0.1) is 23.7 Å². The van der Waals surface area contributed by atoms with Gasteiger partial charge in [0.15, 0.2) is 0 Å². The van der Waals surface area contributed by atoms with Gasteiger partial charge in [-0.05, 0) is 62.2 Å². The lowest BCUT2D eigenvalue weighted by Gasteiger charge is -2.26. The van der Waals surface area contributed by atoms with E-state index in [1.165, 1.54) is 51.4 Å². The number of ether oxygens (including phenoxy) is 2. The summed E-state index contributed by atoms with van der Waals surface area (Å²) in [6.45, 7) is 6.59. The Morgan fingerprint density at radius 1 is 0.708 bits per heavy atom. The van der Waals surface area contributed by atoms with Crippen molar-refractivity contribution in [2.75, 3.05) is 13.2 Å². The number of hydrogen-bond donors (Lipinski definition) is 0. The normalized spacial score (nSPS) is 44.9. The second-order valence-electron chi connectivity index (χ2n) is 9.06. The van der Waals surface area contributed by atoms with E-state index >= 15 is 0 Å². The molecule has 0 heterocycles. The van der Waals surface area contributed by atoms with Crippen LogP contribution in [0.5, 0.6) is 0 Å². The van der Waals surface area contributed by atoms with Crippen LogP contribution in [0.25, 0.3) is 0 Å². The van der Waals surface area contributed by atoms with E-state index < -0.39 is 0 Å². The first-order valence-electron chi connectivity index (χ1n) is 10.3. The quantitative estimate of drug-likeness (QED) is 0.422. The standard InChI is InChI=1S/C22H34O2/c1-17-13-21(9-7-19(17)15-21)23-11-5-3-4-6-12-24-22-10-8-20(16-22)18(2)14-22/h7-10,17-20H,3-6,11-16H2,1-2H3. The average molecular weight is 331 g/mol. The van der Waals surface area contributed by atoms with Crippen LogP contribution >= 0.6 is 0 Å². The number of unbranched alkanes of at least 4 members (excludes halogenated alkanes) is 3. The van der Waals surface area contributed by atoms with Crippen LogP contribution in [0.2, 0.25) is 0 Å². The fourth-order valence-electron chi connectivity index (χ4n) is 5.59. The summed E-state index contributed by atoms with van der Waals surface area (Å²) in [7, 11) is 0. The summed E-state index contributed by atoms with van der Waals surface area (Å²) in [5.74, 6) is 3.19. The van der Waals surface area contributed by atoms with Crippen LogP contribution in [-0.2, 0) is 9.47 Å². The third-order valence-corrected chi connectivity index (χ3v) is 7.07. The highest BCUT2D eigenvalue weighted by molar-refractivity contribution is 5.20. The van der Waals surface area contributed by atoms with Crippen molar-refractivity contribution in [2.45, 2.75) is 76.4 Å². The van der Waals surface area contributed by atoms with Crippen LogP contribution < -0.4 is 0 Å². The Morgan fingerprint density at radius 3 is 1.50 bits per heavy atom. The molecule has 4 aliphatic carbocycles. The highest BCUT2D eigenvalue weighted by atomic mass is 16.5. The Labute approximate surface area is 147 Å². The number of hydrogen-bond acceptors (Lipinski definition) is 2. The van der Waals surface area contributed by atoms with E-state index in [0.717, 1.165) is 36.9 Å². The SMILES string of the molecule is CC1CC2(OCCCCCCOC34C=CC(C3)C(C)C4)C=CC1C2. The van der Waals surface area contributed by atoms with Gasteiger partial charge < -0.3 is 9.47 Å². The van der Waals surface area contributed by atoms with Crippen molar-refractivity contribution >= 4 is 0 Å². The summed E-state index contributed by atoms with van der Waals surface area (Å²) < 4.78 is 12.5. The summed E-state index contributed by atoms with van der Waals surface area (Å²) in [5, 5.41) is 0. The number of rotatable bonds is 9. The summed E-state index contributed by atoms with van der Waals surface area (Å²) in [5.41, 5.74) is 0.216. The first-order chi connectivity index (χ1) is 11.6. The lowest BCUT2D eigenvalue weighted by Crippen LogP contribution is -2.26. The van der Waals surface area contributed by atoms with Crippen molar-refractivity contribution in [3.05, 3.63) is 24.3 Å². The number of allylic oxidation sites excluding steroid dienone is 2. The predicted molar refractivity (Wildman–Crippen MR) is 97.9 cm³/mol. The minimum atomic E-state index is 0.108. The van der Waals surface area contributed by atoms with Gasteiger partial charge in [-0.15, -0.1) is 0 Å². The van der Waals surface area contributed by atoms with Crippen LogP contribution in [-0.4, -0.2) is 24.4 Å². The van der Waals surface area contributed by atoms with Gasteiger partial charge in [0.25, 0.3) is 0 Å². The molecule has 2 heteroatoms. The summed E-state index contributed by atoms with van der Waals surface area (Å²) in [6, 6.07) is 0. The molecule has 0 aromatic rings. The maximum absolute atomic E-state index is 6.26. The molecule has 0 spiro atoms. The van der Waals surface area contributed by atoms with Crippen LogP contribution in [0.1, 0.15) is 65.2 Å². The van der Waals surface area contributed by atoms with Crippen molar-refractivity contribution in [3.8, 4) is 0 Å². The van der Waals surface area contributed by atoms with E-state index in [4.69, 9.17) is 9.47 Å². The largest absolute Gasteiger partial charge is 0.371 e. The third kappa shape index (κ3) is 3.24. The molecule has 6 atom stereocenters. The first kappa shape index (κ1) is 16.8. The van der Waals surface area contributed by atoms with Gasteiger partial charge in [0, 0.05) is 13.2 Å². The smallest absolute Gasteiger partial charge is 0.0871 e. The van der Waals surface area contributed by atoms with Gasteiger partial charge in [0.05, 0.1) is 11.2 Å². The van der Waals surface area contributed by atoms with Crippen molar-refractivity contribution < 1.29 is 9.47 Å². The second kappa shape index (κ2) is 6.61. The molecule has 4 bridgehead atoms. The Morgan fingerprint density at radius 2 is 1.17 bits per heavy atom. The Hall–Kier alpha value is -0.600. The molecule has 0 aromatic carbocycles. The molecule has 2 nitrogen and oxygen atoms in total. The zero-order valence-corrected chi connectivity index (χ0v) is 15.5. The van der Waals surface area contributed by atoms with E-state index in [-0.39, 0.29) is 11.2 Å². The molecular formula is C22H34O2. The van der Waals surface area contributed by atoms with E-state index in [0.29, 0.717) is 0 Å². The van der Waals surface area contributed by atoms with Crippen molar-refractivity contribution in [2.24, 2.45) is 23.7 Å². The van der Waals surface area contributed by atoms with Gasteiger partial charge in [0.2, 0.25) is 0 Å². The monoisotopic (exact) mass is 330 g/mol. The third-order valence-electron chi connectivity index (χ3n) is 7.07. The zero-order chi connectivity index (χ0) is 16.6. The van der Waals surface area contributed by atoms with Crippen LogP contribution in [0.15, 0.2) is 24.3 Å². The maximum atomic E-state index is 6.26. The van der Waals surface area contributed by atoms with Gasteiger partial charge in [-0.2, -0.15) is 0 Å². The Kier molecular flexibility index (Phi) is 4.64. The molecule has 4 aliphatic rings. The Bertz CT molecular complexity index is 464. The molecular weight excluding hydrogens is 296 g/mol. The Balaban J connectivity index is 1.05. The highest BCUT2D eigenvalue weighted by Gasteiger charge is 2.46. The van der Waals surface area contributed by atoms with E-state index in [1.807, 2.05) is 0 Å². The van der Waals surface area contributed by atoms with E-state index in [9.17, 15) is 0 Å². The lowest BCUT2D eigenvalue weighted by molar-refractivity contribution is -0.0102. The van der Waals surface area contributed by atoms with Crippen molar-refractivity contribution in [1.29, 1.82) is 0 Å².